The van der Waals surface area contributed by atoms with Crippen LogP contribution in [0.3, 0.4) is 0 Å². The van der Waals surface area contributed by atoms with E-state index in [4.69, 9.17) is 4.74 Å². The molecule has 150 valence electrons. The summed E-state index contributed by atoms with van der Waals surface area (Å²) < 4.78 is 18.7. The molecular formula is C22H28FN3O2. The highest BCUT2D eigenvalue weighted by Gasteiger charge is 2.19. The molecule has 0 saturated carbocycles. The topological polar surface area (TPSA) is 44.8 Å². The lowest BCUT2D eigenvalue weighted by molar-refractivity contribution is -0.117. The maximum Gasteiger partial charge on any atom is 0.238 e. The number of anilines is 2. The van der Waals surface area contributed by atoms with Crippen molar-refractivity contribution in [2.24, 2.45) is 0 Å². The summed E-state index contributed by atoms with van der Waals surface area (Å²) in [6.07, 6.45) is 2.14. The Balaban J connectivity index is 1.41. The Hall–Kier alpha value is -2.60. The van der Waals surface area contributed by atoms with Gasteiger partial charge in [-0.1, -0.05) is 13.3 Å². The third-order valence-corrected chi connectivity index (χ3v) is 4.84. The van der Waals surface area contributed by atoms with Crippen LogP contribution in [0.25, 0.3) is 0 Å². The number of nitrogens with one attached hydrogen (secondary N) is 1. The van der Waals surface area contributed by atoms with E-state index < -0.39 is 0 Å². The van der Waals surface area contributed by atoms with Crippen LogP contribution in [0, 0.1) is 5.82 Å². The number of nitrogens with zero attached hydrogens (tertiary/aromatic N) is 2. The monoisotopic (exact) mass is 385 g/mol. The van der Waals surface area contributed by atoms with Gasteiger partial charge in [-0.2, -0.15) is 0 Å². The van der Waals surface area contributed by atoms with Gasteiger partial charge in [0.25, 0.3) is 0 Å². The molecule has 0 spiro atoms. The molecule has 2 aromatic rings. The van der Waals surface area contributed by atoms with Crippen molar-refractivity contribution >= 4 is 17.3 Å². The van der Waals surface area contributed by atoms with E-state index in [2.05, 4.69) is 22.0 Å². The Morgan fingerprint density at radius 2 is 1.71 bits per heavy atom. The fourth-order valence-corrected chi connectivity index (χ4v) is 3.19. The second kappa shape index (κ2) is 10.1. The summed E-state index contributed by atoms with van der Waals surface area (Å²) in [7, 11) is 0. The number of carbonyl (C=O) groups excluding carboxylic acids is 1. The zero-order valence-electron chi connectivity index (χ0n) is 16.4. The van der Waals surface area contributed by atoms with E-state index >= 15 is 0 Å². The number of unbranched alkanes of at least 4 members (excludes halogenated alkanes) is 1. The van der Waals surface area contributed by atoms with Gasteiger partial charge in [-0.3, -0.25) is 9.69 Å². The molecule has 0 unspecified atom stereocenters. The van der Waals surface area contributed by atoms with Crippen molar-refractivity contribution < 1.29 is 13.9 Å². The minimum Gasteiger partial charge on any atom is -0.494 e. The number of halogens is 1. The molecule has 1 amide bonds. The molecule has 1 aliphatic heterocycles. The molecule has 2 aromatic carbocycles. The fourth-order valence-electron chi connectivity index (χ4n) is 3.19. The number of piperazine rings is 1. The molecule has 3 rings (SSSR count). The molecule has 6 heteroatoms. The average Bonchev–Trinajstić information content (AvgIpc) is 2.71. The van der Waals surface area contributed by atoms with Crippen LogP contribution in [0.2, 0.25) is 0 Å². The summed E-state index contributed by atoms with van der Waals surface area (Å²) in [4.78, 5) is 16.7. The molecule has 1 heterocycles. The summed E-state index contributed by atoms with van der Waals surface area (Å²) >= 11 is 0. The first-order valence-electron chi connectivity index (χ1n) is 9.89. The highest BCUT2D eigenvalue weighted by Crippen LogP contribution is 2.18. The van der Waals surface area contributed by atoms with E-state index in [-0.39, 0.29) is 11.7 Å². The van der Waals surface area contributed by atoms with Crippen LogP contribution in [0.5, 0.6) is 5.75 Å². The lowest BCUT2D eigenvalue weighted by atomic mass is 10.2. The third kappa shape index (κ3) is 5.96. The first-order chi connectivity index (χ1) is 13.6. The molecule has 1 N–H and O–H groups in total. The Morgan fingerprint density at radius 1 is 1.04 bits per heavy atom. The molecule has 0 aromatic heterocycles. The number of ether oxygens (including phenoxy) is 1. The van der Waals surface area contributed by atoms with Crippen molar-refractivity contribution in [3.8, 4) is 5.75 Å². The van der Waals surface area contributed by atoms with Gasteiger partial charge >= 0.3 is 0 Å². The van der Waals surface area contributed by atoms with Crippen molar-refractivity contribution in [3.63, 3.8) is 0 Å². The number of hydrogen-bond donors (Lipinski definition) is 1. The number of hydrogen-bond acceptors (Lipinski definition) is 4. The summed E-state index contributed by atoms with van der Waals surface area (Å²) in [6, 6.07) is 14.1. The van der Waals surface area contributed by atoms with Gasteiger partial charge in [0.15, 0.2) is 0 Å². The molecule has 1 fully saturated rings. The van der Waals surface area contributed by atoms with Crippen LogP contribution in [0.15, 0.2) is 48.5 Å². The highest BCUT2D eigenvalue weighted by atomic mass is 19.1. The molecular weight excluding hydrogens is 357 g/mol. The average molecular weight is 385 g/mol. The van der Waals surface area contributed by atoms with Crippen LogP contribution in [-0.2, 0) is 4.79 Å². The Bertz CT molecular complexity index is 741. The largest absolute Gasteiger partial charge is 0.494 e. The molecule has 0 bridgehead atoms. The number of amides is 1. The van der Waals surface area contributed by atoms with Crippen molar-refractivity contribution in [1.82, 2.24) is 4.90 Å². The van der Waals surface area contributed by atoms with Gasteiger partial charge < -0.3 is 15.0 Å². The van der Waals surface area contributed by atoms with E-state index in [9.17, 15) is 9.18 Å². The minimum atomic E-state index is -0.223. The summed E-state index contributed by atoms with van der Waals surface area (Å²) in [5.74, 6) is 0.581. The zero-order valence-corrected chi connectivity index (χ0v) is 16.4. The van der Waals surface area contributed by atoms with Gasteiger partial charge in [0.1, 0.15) is 11.6 Å². The quantitative estimate of drug-likeness (QED) is 0.703. The Kier molecular flexibility index (Phi) is 7.25. The minimum absolute atomic E-state index is 0.0186. The van der Waals surface area contributed by atoms with Crippen LogP contribution in [0.1, 0.15) is 19.8 Å². The van der Waals surface area contributed by atoms with Crippen molar-refractivity contribution in [2.75, 3.05) is 49.5 Å². The lowest BCUT2D eigenvalue weighted by Gasteiger charge is -2.35. The predicted octanol–water partition coefficient (Wildman–Crippen LogP) is 3.77. The van der Waals surface area contributed by atoms with Gasteiger partial charge in [-0.15, -0.1) is 0 Å². The maximum absolute atomic E-state index is 13.1. The first-order valence-corrected chi connectivity index (χ1v) is 9.89. The molecule has 0 atom stereocenters. The van der Waals surface area contributed by atoms with Gasteiger partial charge in [-0.05, 0) is 55.0 Å². The van der Waals surface area contributed by atoms with E-state index in [0.717, 1.165) is 56.1 Å². The van der Waals surface area contributed by atoms with Crippen molar-refractivity contribution in [1.29, 1.82) is 0 Å². The molecule has 0 aliphatic carbocycles. The van der Waals surface area contributed by atoms with Crippen LogP contribution in [0.4, 0.5) is 15.8 Å². The summed E-state index contributed by atoms with van der Waals surface area (Å²) in [5, 5.41) is 2.94. The summed E-state index contributed by atoms with van der Waals surface area (Å²) in [5.41, 5.74) is 1.80. The van der Waals surface area contributed by atoms with Crippen molar-refractivity contribution in [3.05, 3.63) is 54.3 Å². The molecule has 0 radical (unpaired) electrons. The van der Waals surface area contributed by atoms with E-state index in [1.165, 1.54) is 12.1 Å². The smallest absolute Gasteiger partial charge is 0.238 e. The van der Waals surface area contributed by atoms with Gasteiger partial charge in [0.2, 0.25) is 5.91 Å². The standard InChI is InChI=1S/C22H28FN3O2/c1-2-3-16-28-21-10-6-19(7-11-21)24-22(27)17-25-12-14-26(15-13-25)20-8-4-18(23)5-9-20/h4-11H,2-3,12-17H2,1H3,(H,24,27). The van der Waals surface area contributed by atoms with E-state index in [1.54, 1.807) is 12.1 Å². The van der Waals surface area contributed by atoms with Crippen molar-refractivity contribution in [2.45, 2.75) is 19.8 Å². The Morgan fingerprint density at radius 3 is 2.36 bits per heavy atom. The fraction of sp³-hybridized carbons (Fsp3) is 0.409. The Labute approximate surface area is 166 Å². The van der Waals surface area contributed by atoms with Gasteiger partial charge in [0, 0.05) is 37.6 Å². The van der Waals surface area contributed by atoms with Crippen LogP contribution in [-0.4, -0.2) is 50.1 Å². The number of benzene rings is 2. The van der Waals surface area contributed by atoms with Gasteiger partial charge in [0.05, 0.1) is 13.2 Å². The molecule has 1 aliphatic rings. The summed E-state index contributed by atoms with van der Waals surface area (Å²) in [6.45, 7) is 6.46. The van der Waals surface area contributed by atoms with Gasteiger partial charge in [-0.25, -0.2) is 4.39 Å². The van der Waals surface area contributed by atoms with Crippen LogP contribution >= 0.6 is 0 Å². The predicted molar refractivity (Wildman–Crippen MR) is 111 cm³/mol. The van der Waals surface area contributed by atoms with E-state index in [0.29, 0.717) is 13.2 Å². The van der Waals surface area contributed by atoms with E-state index in [1.807, 2.05) is 24.3 Å². The highest BCUT2D eigenvalue weighted by molar-refractivity contribution is 5.92. The number of rotatable bonds is 8. The van der Waals surface area contributed by atoms with Crippen LogP contribution < -0.4 is 15.0 Å². The maximum atomic E-state index is 13.1. The molecule has 1 saturated heterocycles. The lowest BCUT2D eigenvalue weighted by Crippen LogP contribution is -2.48. The number of carbonyl (C=O) groups is 1. The molecule has 28 heavy (non-hydrogen) atoms. The third-order valence-electron chi connectivity index (χ3n) is 4.84. The second-order valence-corrected chi connectivity index (χ2v) is 7.01. The zero-order chi connectivity index (χ0) is 19.8. The normalized spacial score (nSPS) is 14.7. The second-order valence-electron chi connectivity index (χ2n) is 7.01. The molecule has 5 nitrogen and oxygen atoms in total. The SMILES string of the molecule is CCCCOc1ccc(NC(=O)CN2CCN(c3ccc(F)cc3)CC2)cc1. The first kappa shape index (κ1) is 20.1.